The molecule has 81 valence electrons. The van der Waals surface area contributed by atoms with Crippen molar-refractivity contribution in [2.75, 3.05) is 0 Å². The molecule has 0 aliphatic carbocycles. The van der Waals surface area contributed by atoms with Crippen LogP contribution in [0.2, 0.25) is 0 Å². The summed E-state index contributed by atoms with van der Waals surface area (Å²) in [6.45, 7) is 0. The lowest BCUT2D eigenvalue weighted by Crippen LogP contribution is -2.13. The fourth-order valence-electron chi connectivity index (χ4n) is 1.79. The van der Waals surface area contributed by atoms with Gasteiger partial charge in [0.1, 0.15) is 0 Å². The Morgan fingerprint density at radius 3 is 2.06 bits per heavy atom. The second-order valence-electron chi connectivity index (χ2n) is 3.96. The van der Waals surface area contributed by atoms with Gasteiger partial charge in [0.25, 0.3) is 0 Å². The molecular weight excluding hydrogens is 196 g/mol. The molecule has 0 saturated carbocycles. The number of hydrogen-bond acceptors (Lipinski definition) is 1. The van der Waals surface area contributed by atoms with E-state index in [4.69, 9.17) is 0 Å². The minimum absolute atomic E-state index is 0.315. The van der Waals surface area contributed by atoms with E-state index >= 15 is 0 Å². The summed E-state index contributed by atoms with van der Waals surface area (Å²) in [7, 11) is 0. The van der Waals surface area contributed by atoms with Gasteiger partial charge in [0.15, 0.2) is 0 Å². The van der Waals surface area contributed by atoms with Crippen LogP contribution in [0.1, 0.15) is 11.1 Å². The van der Waals surface area contributed by atoms with Crippen LogP contribution in [-0.2, 0) is 12.8 Å². The maximum atomic E-state index is 9.95. The molecule has 1 atom stereocenters. The van der Waals surface area contributed by atoms with Crippen LogP contribution < -0.4 is 0 Å². The molecule has 0 aliphatic heterocycles. The molecule has 0 heterocycles. The Kier molecular flexibility index (Phi) is 3.73. The van der Waals surface area contributed by atoms with Crippen molar-refractivity contribution in [1.29, 1.82) is 0 Å². The van der Waals surface area contributed by atoms with Crippen molar-refractivity contribution in [3.05, 3.63) is 71.8 Å². The molecule has 1 heteroatoms. The molecule has 1 unspecified atom stereocenters. The zero-order valence-corrected chi connectivity index (χ0v) is 9.13. The topological polar surface area (TPSA) is 20.2 Å². The molecule has 0 spiro atoms. The van der Waals surface area contributed by atoms with Crippen LogP contribution in [0.5, 0.6) is 0 Å². The van der Waals surface area contributed by atoms with Crippen molar-refractivity contribution in [1.82, 2.24) is 0 Å². The highest BCUT2D eigenvalue weighted by Gasteiger charge is 2.05. The zero-order valence-electron chi connectivity index (χ0n) is 9.13. The minimum Gasteiger partial charge on any atom is -0.392 e. The second-order valence-corrected chi connectivity index (χ2v) is 3.96. The standard InChI is InChI=1S/C15H15O/c16-15(11-13-7-3-1-4-8-13)12-14-9-5-2-6-10-14/h1,3-10,15-16H,11-12H2. The SMILES string of the molecule is OC(Cc1cc[c]cc1)Cc1ccccc1. The first-order valence-electron chi connectivity index (χ1n) is 5.51. The van der Waals surface area contributed by atoms with E-state index in [0.717, 1.165) is 5.56 Å². The van der Waals surface area contributed by atoms with E-state index in [2.05, 4.69) is 6.07 Å². The van der Waals surface area contributed by atoms with Crippen molar-refractivity contribution in [2.45, 2.75) is 18.9 Å². The van der Waals surface area contributed by atoms with E-state index in [0.29, 0.717) is 12.8 Å². The van der Waals surface area contributed by atoms with Crippen LogP contribution in [0.4, 0.5) is 0 Å². The second kappa shape index (κ2) is 5.47. The van der Waals surface area contributed by atoms with Gasteiger partial charge in [-0.25, -0.2) is 0 Å². The maximum Gasteiger partial charge on any atom is 0.0620 e. The smallest absolute Gasteiger partial charge is 0.0620 e. The van der Waals surface area contributed by atoms with Crippen LogP contribution in [0.15, 0.2) is 54.6 Å². The van der Waals surface area contributed by atoms with Gasteiger partial charge in [0.05, 0.1) is 6.10 Å². The Bertz CT molecular complexity index is 366. The predicted octanol–water partition coefficient (Wildman–Crippen LogP) is 2.63. The van der Waals surface area contributed by atoms with Gasteiger partial charge < -0.3 is 5.11 Å². The number of rotatable bonds is 4. The highest BCUT2D eigenvalue weighted by atomic mass is 16.3. The fourth-order valence-corrected chi connectivity index (χ4v) is 1.79. The number of benzene rings is 2. The fraction of sp³-hybridized carbons (Fsp3) is 0.200. The summed E-state index contributed by atoms with van der Waals surface area (Å²) in [6.07, 6.45) is 1.09. The Morgan fingerprint density at radius 1 is 0.875 bits per heavy atom. The molecule has 0 amide bonds. The van der Waals surface area contributed by atoms with Gasteiger partial charge in [-0.1, -0.05) is 54.6 Å². The van der Waals surface area contributed by atoms with Crippen molar-refractivity contribution >= 4 is 0 Å². The van der Waals surface area contributed by atoms with E-state index in [1.54, 1.807) is 0 Å². The first-order valence-corrected chi connectivity index (χ1v) is 5.51. The zero-order chi connectivity index (χ0) is 11.2. The van der Waals surface area contributed by atoms with Crippen molar-refractivity contribution in [3.63, 3.8) is 0 Å². The van der Waals surface area contributed by atoms with Crippen LogP contribution in [0, 0.1) is 6.07 Å². The van der Waals surface area contributed by atoms with E-state index in [1.807, 2.05) is 54.6 Å². The van der Waals surface area contributed by atoms with Gasteiger partial charge in [-0.3, -0.25) is 0 Å². The van der Waals surface area contributed by atoms with Crippen LogP contribution in [-0.4, -0.2) is 11.2 Å². The molecule has 0 fully saturated rings. The van der Waals surface area contributed by atoms with Crippen molar-refractivity contribution in [3.8, 4) is 0 Å². The van der Waals surface area contributed by atoms with Crippen molar-refractivity contribution in [2.24, 2.45) is 0 Å². The third kappa shape index (κ3) is 3.21. The molecular formula is C15H15O. The Balaban J connectivity index is 1.92. The van der Waals surface area contributed by atoms with Gasteiger partial charge in [-0.15, -0.1) is 0 Å². The third-order valence-electron chi connectivity index (χ3n) is 2.57. The first kappa shape index (κ1) is 10.9. The third-order valence-corrected chi connectivity index (χ3v) is 2.57. The summed E-state index contributed by atoms with van der Waals surface area (Å²) in [5.41, 5.74) is 2.33. The van der Waals surface area contributed by atoms with E-state index in [-0.39, 0.29) is 6.10 Å². The molecule has 2 aromatic rings. The summed E-state index contributed by atoms with van der Waals surface area (Å²) < 4.78 is 0. The minimum atomic E-state index is -0.315. The summed E-state index contributed by atoms with van der Waals surface area (Å²) in [5, 5.41) is 9.95. The lowest BCUT2D eigenvalue weighted by Gasteiger charge is -2.10. The summed E-state index contributed by atoms with van der Waals surface area (Å²) >= 11 is 0. The van der Waals surface area contributed by atoms with E-state index in [9.17, 15) is 5.11 Å². The predicted molar refractivity (Wildman–Crippen MR) is 65.1 cm³/mol. The van der Waals surface area contributed by atoms with Crippen LogP contribution in [0.25, 0.3) is 0 Å². The average Bonchev–Trinajstić information content (AvgIpc) is 2.31. The van der Waals surface area contributed by atoms with E-state index in [1.165, 1.54) is 5.56 Å². The van der Waals surface area contributed by atoms with Crippen molar-refractivity contribution < 1.29 is 5.11 Å². The highest BCUT2D eigenvalue weighted by Crippen LogP contribution is 2.08. The summed E-state index contributed by atoms with van der Waals surface area (Å²) in [4.78, 5) is 0. The molecule has 1 N–H and O–H groups in total. The lowest BCUT2D eigenvalue weighted by atomic mass is 10.0. The molecule has 2 rings (SSSR count). The lowest BCUT2D eigenvalue weighted by molar-refractivity contribution is 0.175. The maximum absolute atomic E-state index is 9.95. The van der Waals surface area contributed by atoms with Crippen LogP contribution >= 0.6 is 0 Å². The quantitative estimate of drug-likeness (QED) is 0.824. The number of aliphatic hydroxyl groups is 1. The molecule has 1 radical (unpaired) electrons. The highest BCUT2D eigenvalue weighted by molar-refractivity contribution is 5.18. The molecule has 0 aliphatic rings. The van der Waals surface area contributed by atoms with Gasteiger partial charge in [-0.2, -0.15) is 0 Å². The van der Waals surface area contributed by atoms with Gasteiger partial charge in [0.2, 0.25) is 0 Å². The number of hydrogen-bond donors (Lipinski definition) is 1. The van der Waals surface area contributed by atoms with Gasteiger partial charge in [-0.05, 0) is 30.0 Å². The van der Waals surface area contributed by atoms with E-state index < -0.39 is 0 Å². The molecule has 16 heavy (non-hydrogen) atoms. The molecule has 0 saturated heterocycles. The molecule has 1 nitrogen and oxygen atoms in total. The largest absolute Gasteiger partial charge is 0.392 e. The van der Waals surface area contributed by atoms with Crippen LogP contribution in [0.3, 0.4) is 0 Å². The molecule has 2 aromatic carbocycles. The first-order chi connectivity index (χ1) is 7.84. The monoisotopic (exact) mass is 211 g/mol. The Morgan fingerprint density at radius 2 is 1.44 bits per heavy atom. The summed E-state index contributed by atoms with van der Waals surface area (Å²) in [5.74, 6) is 0. The summed E-state index contributed by atoms with van der Waals surface area (Å²) in [6, 6.07) is 20.8. The van der Waals surface area contributed by atoms with Gasteiger partial charge in [0, 0.05) is 0 Å². The molecule has 0 bridgehead atoms. The van der Waals surface area contributed by atoms with Gasteiger partial charge >= 0.3 is 0 Å². The Hall–Kier alpha value is -1.60. The molecule has 0 aromatic heterocycles. The average molecular weight is 211 g/mol. The number of aliphatic hydroxyl groups excluding tert-OH is 1. The Labute approximate surface area is 96.4 Å². The normalized spacial score (nSPS) is 10.6.